The molecule has 0 saturated carbocycles. The zero-order valence-corrected chi connectivity index (χ0v) is 13.0. The van der Waals surface area contributed by atoms with Gasteiger partial charge in [-0.25, -0.2) is 0 Å². The number of benzene rings is 1. The Balaban J connectivity index is 2.74. The summed E-state index contributed by atoms with van der Waals surface area (Å²) in [6.45, 7) is 4.76. The first-order valence-corrected chi connectivity index (χ1v) is 6.84. The number of rotatable bonds is 6. The number of ether oxygens (including phenoxy) is 1. The zero-order valence-electron chi connectivity index (χ0n) is 12.2. The molecule has 0 aliphatic heterocycles. The van der Waals surface area contributed by atoms with Crippen LogP contribution in [-0.4, -0.2) is 19.6 Å². The van der Waals surface area contributed by atoms with Crippen LogP contribution >= 0.6 is 11.6 Å². The zero-order chi connectivity index (χ0) is 15.8. The third-order valence-electron chi connectivity index (χ3n) is 2.55. The van der Waals surface area contributed by atoms with Crippen LogP contribution in [0.5, 0.6) is 5.75 Å². The SMILES string of the molecule is COc1ccc(NC(=O)/C(C#N)=C\NCC(C)C)cc1Cl. The molecule has 2 N–H and O–H groups in total. The van der Waals surface area contributed by atoms with Crippen LogP contribution in [0.3, 0.4) is 0 Å². The highest BCUT2D eigenvalue weighted by atomic mass is 35.5. The van der Waals surface area contributed by atoms with Gasteiger partial charge in [-0.1, -0.05) is 25.4 Å². The molecule has 0 saturated heterocycles. The van der Waals surface area contributed by atoms with Gasteiger partial charge in [0, 0.05) is 18.4 Å². The minimum absolute atomic E-state index is 0.00240. The maximum atomic E-state index is 12.0. The minimum Gasteiger partial charge on any atom is -0.495 e. The minimum atomic E-state index is -0.491. The fraction of sp³-hybridized carbons (Fsp3) is 0.333. The van der Waals surface area contributed by atoms with E-state index >= 15 is 0 Å². The van der Waals surface area contributed by atoms with Gasteiger partial charge in [-0.2, -0.15) is 5.26 Å². The molecule has 1 aromatic rings. The quantitative estimate of drug-likeness (QED) is 0.626. The molecule has 21 heavy (non-hydrogen) atoms. The van der Waals surface area contributed by atoms with Crippen LogP contribution in [0.1, 0.15) is 13.8 Å². The lowest BCUT2D eigenvalue weighted by Crippen LogP contribution is -2.19. The number of amides is 1. The summed E-state index contributed by atoms with van der Waals surface area (Å²) >= 11 is 5.98. The molecule has 0 atom stereocenters. The van der Waals surface area contributed by atoms with Crippen molar-refractivity contribution in [2.45, 2.75) is 13.8 Å². The summed E-state index contributed by atoms with van der Waals surface area (Å²) < 4.78 is 5.03. The van der Waals surface area contributed by atoms with Crippen molar-refractivity contribution in [1.29, 1.82) is 5.26 Å². The topological polar surface area (TPSA) is 74.1 Å². The third-order valence-corrected chi connectivity index (χ3v) is 2.84. The largest absolute Gasteiger partial charge is 0.495 e. The molecular weight excluding hydrogens is 290 g/mol. The second kappa shape index (κ2) is 8.18. The first-order chi connectivity index (χ1) is 9.97. The van der Waals surface area contributed by atoms with Crippen molar-refractivity contribution < 1.29 is 9.53 Å². The summed E-state index contributed by atoms with van der Waals surface area (Å²) in [5.41, 5.74) is 0.499. The Labute approximate surface area is 129 Å². The molecule has 0 fully saturated rings. The number of hydrogen-bond donors (Lipinski definition) is 2. The molecule has 0 spiro atoms. The van der Waals surface area contributed by atoms with Crippen molar-refractivity contribution in [1.82, 2.24) is 5.32 Å². The number of anilines is 1. The third kappa shape index (κ3) is 5.36. The number of nitriles is 1. The fourth-order valence-corrected chi connectivity index (χ4v) is 1.75. The molecule has 0 bridgehead atoms. The first kappa shape index (κ1) is 16.9. The molecule has 112 valence electrons. The van der Waals surface area contributed by atoms with Gasteiger partial charge in [0.1, 0.15) is 17.4 Å². The molecule has 0 aliphatic carbocycles. The van der Waals surface area contributed by atoms with E-state index in [1.807, 2.05) is 19.9 Å². The molecular formula is C15H18ClN3O2. The number of methoxy groups -OCH3 is 1. The maximum Gasteiger partial charge on any atom is 0.267 e. The van der Waals surface area contributed by atoms with Crippen molar-refractivity contribution in [3.63, 3.8) is 0 Å². The lowest BCUT2D eigenvalue weighted by Gasteiger charge is -2.08. The van der Waals surface area contributed by atoms with E-state index in [1.165, 1.54) is 13.3 Å². The van der Waals surface area contributed by atoms with Gasteiger partial charge in [-0.05, 0) is 24.1 Å². The van der Waals surface area contributed by atoms with Crippen LogP contribution in [0.4, 0.5) is 5.69 Å². The molecule has 0 radical (unpaired) electrons. The van der Waals surface area contributed by atoms with Gasteiger partial charge >= 0.3 is 0 Å². The number of nitrogens with zero attached hydrogens (tertiary/aromatic N) is 1. The molecule has 6 heteroatoms. The standard InChI is InChI=1S/C15H18ClN3O2/c1-10(2)8-18-9-11(7-17)15(20)19-12-4-5-14(21-3)13(16)6-12/h4-6,9-10,18H,8H2,1-3H3,(H,19,20)/b11-9-. The molecule has 1 amide bonds. The highest BCUT2D eigenvalue weighted by Gasteiger charge is 2.10. The normalized spacial score (nSPS) is 11.0. The van der Waals surface area contributed by atoms with Crippen LogP contribution in [0, 0.1) is 17.2 Å². The van der Waals surface area contributed by atoms with E-state index in [2.05, 4.69) is 10.6 Å². The van der Waals surface area contributed by atoms with Gasteiger partial charge in [-0.15, -0.1) is 0 Å². The van der Waals surface area contributed by atoms with Crippen molar-refractivity contribution >= 4 is 23.2 Å². The highest BCUT2D eigenvalue weighted by molar-refractivity contribution is 6.32. The predicted molar refractivity (Wildman–Crippen MR) is 83.2 cm³/mol. The number of carbonyl (C=O) groups excluding carboxylic acids is 1. The second-order valence-electron chi connectivity index (χ2n) is 4.78. The molecule has 0 unspecified atom stereocenters. The maximum absolute atomic E-state index is 12.0. The van der Waals surface area contributed by atoms with Gasteiger partial charge in [0.05, 0.1) is 12.1 Å². The van der Waals surface area contributed by atoms with Gasteiger partial charge in [0.25, 0.3) is 5.91 Å². The van der Waals surface area contributed by atoms with Crippen LogP contribution < -0.4 is 15.4 Å². The smallest absolute Gasteiger partial charge is 0.267 e. The van der Waals surface area contributed by atoms with E-state index < -0.39 is 5.91 Å². The van der Waals surface area contributed by atoms with Crippen LogP contribution in [0.2, 0.25) is 5.02 Å². The van der Waals surface area contributed by atoms with Crippen molar-refractivity contribution in [3.05, 3.63) is 35.0 Å². The van der Waals surface area contributed by atoms with Crippen LogP contribution in [0.15, 0.2) is 30.0 Å². The van der Waals surface area contributed by atoms with Crippen molar-refractivity contribution in [2.24, 2.45) is 5.92 Å². The Kier molecular flexibility index (Phi) is 6.57. The monoisotopic (exact) mass is 307 g/mol. The summed E-state index contributed by atoms with van der Waals surface area (Å²) in [5, 5.41) is 15.0. The molecule has 0 aromatic heterocycles. The summed E-state index contributed by atoms with van der Waals surface area (Å²) in [6, 6.07) is 6.72. The Morgan fingerprint density at radius 3 is 2.76 bits per heavy atom. The summed E-state index contributed by atoms with van der Waals surface area (Å²) in [6.07, 6.45) is 1.42. The lowest BCUT2D eigenvalue weighted by molar-refractivity contribution is -0.112. The van der Waals surface area contributed by atoms with Gasteiger partial charge < -0.3 is 15.4 Å². The van der Waals surface area contributed by atoms with E-state index in [1.54, 1.807) is 18.2 Å². The summed E-state index contributed by atoms with van der Waals surface area (Å²) in [7, 11) is 1.51. The van der Waals surface area contributed by atoms with Gasteiger partial charge in [-0.3, -0.25) is 4.79 Å². The molecule has 1 aromatic carbocycles. The molecule has 1 rings (SSSR count). The van der Waals surface area contributed by atoms with Crippen molar-refractivity contribution in [3.8, 4) is 11.8 Å². The van der Waals surface area contributed by atoms with E-state index in [0.717, 1.165) is 0 Å². The molecule has 5 nitrogen and oxygen atoms in total. The van der Waals surface area contributed by atoms with Crippen LogP contribution in [0.25, 0.3) is 0 Å². The Bertz CT molecular complexity index is 577. The van der Waals surface area contributed by atoms with E-state index in [9.17, 15) is 4.79 Å². The fourth-order valence-electron chi connectivity index (χ4n) is 1.49. The molecule has 0 heterocycles. The first-order valence-electron chi connectivity index (χ1n) is 6.46. The average Bonchev–Trinajstić information content (AvgIpc) is 2.43. The lowest BCUT2D eigenvalue weighted by atomic mass is 10.2. The number of carbonyl (C=O) groups is 1. The van der Waals surface area contributed by atoms with Crippen LogP contribution in [-0.2, 0) is 4.79 Å². The highest BCUT2D eigenvalue weighted by Crippen LogP contribution is 2.27. The van der Waals surface area contributed by atoms with Crippen molar-refractivity contribution in [2.75, 3.05) is 19.0 Å². The summed E-state index contributed by atoms with van der Waals surface area (Å²) in [5.74, 6) is 0.448. The Hall–Kier alpha value is -2.19. The van der Waals surface area contributed by atoms with Gasteiger partial charge in [0.15, 0.2) is 0 Å². The summed E-state index contributed by atoms with van der Waals surface area (Å²) in [4.78, 5) is 12.0. The predicted octanol–water partition coefficient (Wildman–Crippen LogP) is 2.94. The number of nitrogens with one attached hydrogen (secondary N) is 2. The van der Waals surface area contributed by atoms with E-state index in [-0.39, 0.29) is 5.57 Å². The molecule has 0 aliphatic rings. The van der Waals surface area contributed by atoms with E-state index in [4.69, 9.17) is 21.6 Å². The second-order valence-corrected chi connectivity index (χ2v) is 5.18. The Morgan fingerprint density at radius 2 is 2.24 bits per heavy atom. The number of halogens is 1. The van der Waals surface area contributed by atoms with Gasteiger partial charge in [0.2, 0.25) is 0 Å². The van der Waals surface area contributed by atoms with E-state index in [0.29, 0.717) is 28.9 Å². The number of hydrogen-bond acceptors (Lipinski definition) is 4. The Morgan fingerprint density at radius 1 is 1.52 bits per heavy atom. The average molecular weight is 308 g/mol.